The van der Waals surface area contributed by atoms with Crippen molar-refractivity contribution in [1.29, 1.82) is 0 Å². The molecule has 0 bridgehead atoms. The smallest absolute Gasteiger partial charge is 0.316 e. The number of hydrogen-bond acceptors (Lipinski definition) is 5. The highest BCUT2D eigenvalue weighted by molar-refractivity contribution is 5.88. The zero-order valence-corrected chi connectivity index (χ0v) is 15.7. The van der Waals surface area contributed by atoms with Crippen molar-refractivity contribution in [3.05, 3.63) is 54.1 Å². The highest BCUT2D eigenvalue weighted by Crippen LogP contribution is 2.37. The summed E-state index contributed by atoms with van der Waals surface area (Å²) in [6.07, 6.45) is 4.99. The zero-order chi connectivity index (χ0) is 19.4. The van der Waals surface area contributed by atoms with Gasteiger partial charge in [0.2, 0.25) is 5.91 Å². The van der Waals surface area contributed by atoms with Crippen molar-refractivity contribution in [1.82, 2.24) is 14.9 Å². The molecule has 2 aliphatic rings. The average molecular weight is 385 g/mol. The van der Waals surface area contributed by atoms with Gasteiger partial charge < -0.3 is 14.4 Å². The first kappa shape index (κ1) is 18.8. The van der Waals surface area contributed by atoms with E-state index >= 15 is 0 Å². The molecule has 148 valence electrons. The van der Waals surface area contributed by atoms with E-state index in [0.29, 0.717) is 39.1 Å². The van der Waals surface area contributed by atoms with Gasteiger partial charge in [-0.2, -0.15) is 0 Å². The molecule has 0 N–H and O–H groups in total. The Bertz CT molecular complexity index is 794. The van der Waals surface area contributed by atoms with Gasteiger partial charge in [-0.15, -0.1) is 0 Å². The van der Waals surface area contributed by atoms with E-state index in [9.17, 15) is 9.18 Å². The fourth-order valence-corrected chi connectivity index (χ4v) is 4.13. The minimum absolute atomic E-state index is 0.135. The van der Waals surface area contributed by atoms with Gasteiger partial charge >= 0.3 is 6.01 Å². The molecule has 6 nitrogen and oxygen atoms in total. The second kappa shape index (κ2) is 8.22. The van der Waals surface area contributed by atoms with Gasteiger partial charge in [-0.05, 0) is 31.2 Å². The van der Waals surface area contributed by atoms with Gasteiger partial charge in [-0.3, -0.25) is 4.79 Å². The molecule has 1 atom stereocenters. The molecule has 0 radical (unpaired) electrons. The highest BCUT2D eigenvalue weighted by Gasteiger charge is 2.45. The molecule has 1 amide bonds. The lowest BCUT2D eigenvalue weighted by Crippen LogP contribution is -2.54. The lowest BCUT2D eigenvalue weighted by Gasteiger charge is -2.42. The molecular weight excluding hydrogens is 361 g/mol. The number of halogens is 1. The monoisotopic (exact) mass is 385 g/mol. The third-order valence-electron chi connectivity index (χ3n) is 5.62. The van der Waals surface area contributed by atoms with Crippen molar-refractivity contribution in [3.63, 3.8) is 0 Å². The lowest BCUT2D eigenvalue weighted by atomic mass is 9.72. The fourth-order valence-electron chi connectivity index (χ4n) is 4.13. The summed E-state index contributed by atoms with van der Waals surface area (Å²) in [4.78, 5) is 23.3. The van der Waals surface area contributed by atoms with E-state index in [-0.39, 0.29) is 18.0 Å². The second-order valence-corrected chi connectivity index (χ2v) is 7.38. The van der Waals surface area contributed by atoms with Crippen molar-refractivity contribution in [2.24, 2.45) is 0 Å². The molecular formula is C21H24FN3O3. The fraction of sp³-hybridized carbons (Fsp3) is 0.476. The topological polar surface area (TPSA) is 64.6 Å². The van der Waals surface area contributed by atoms with Crippen LogP contribution < -0.4 is 4.74 Å². The van der Waals surface area contributed by atoms with Crippen molar-refractivity contribution >= 4 is 5.91 Å². The van der Waals surface area contributed by atoms with Crippen molar-refractivity contribution in [3.8, 4) is 6.01 Å². The van der Waals surface area contributed by atoms with Crippen LogP contribution in [0.4, 0.5) is 4.39 Å². The van der Waals surface area contributed by atoms with Crippen LogP contribution in [0.15, 0.2) is 42.7 Å². The first-order chi connectivity index (χ1) is 13.7. The standard InChI is InChI=1S/C21H24FN3O3/c22-17-13-23-20(24-14-17)28-18-7-4-10-25(15-18)19(26)21(8-11-27-12-9-21)16-5-2-1-3-6-16/h1-3,5-6,13-14,18H,4,7-12,15H2. The number of hydrogen-bond donors (Lipinski definition) is 0. The number of nitrogens with zero attached hydrogens (tertiary/aromatic N) is 3. The molecule has 7 heteroatoms. The highest BCUT2D eigenvalue weighted by atomic mass is 19.1. The van der Waals surface area contributed by atoms with E-state index in [4.69, 9.17) is 9.47 Å². The molecule has 1 aromatic heterocycles. The van der Waals surface area contributed by atoms with Crippen LogP contribution in [-0.4, -0.2) is 53.2 Å². The van der Waals surface area contributed by atoms with Crippen molar-refractivity contribution < 1.29 is 18.7 Å². The van der Waals surface area contributed by atoms with Crippen LogP contribution in [0.3, 0.4) is 0 Å². The molecule has 28 heavy (non-hydrogen) atoms. The summed E-state index contributed by atoms with van der Waals surface area (Å²) in [5.41, 5.74) is 0.501. The predicted molar refractivity (Wildman–Crippen MR) is 100 cm³/mol. The summed E-state index contributed by atoms with van der Waals surface area (Å²) in [7, 11) is 0. The van der Waals surface area contributed by atoms with Crippen molar-refractivity contribution in [2.45, 2.75) is 37.2 Å². The predicted octanol–water partition coefficient (Wildman–Crippen LogP) is 2.73. The maximum atomic E-state index is 13.7. The van der Waals surface area contributed by atoms with Crippen LogP contribution in [0, 0.1) is 5.82 Å². The summed E-state index contributed by atoms with van der Waals surface area (Å²) in [5.74, 6) is -0.368. The Balaban J connectivity index is 1.51. The van der Waals surface area contributed by atoms with E-state index in [1.165, 1.54) is 0 Å². The minimum atomic E-state index is -0.548. The molecule has 0 spiro atoms. The molecule has 4 rings (SSSR count). The number of likely N-dealkylation sites (tertiary alicyclic amines) is 1. The number of amides is 1. The molecule has 1 unspecified atom stereocenters. The molecule has 2 aliphatic heterocycles. The van der Waals surface area contributed by atoms with Crippen molar-refractivity contribution in [2.75, 3.05) is 26.3 Å². The van der Waals surface area contributed by atoms with E-state index in [1.54, 1.807) is 0 Å². The molecule has 0 saturated carbocycles. The Morgan fingerprint density at radius 1 is 1.18 bits per heavy atom. The van der Waals surface area contributed by atoms with E-state index in [0.717, 1.165) is 30.8 Å². The van der Waals surface area contributed by atoms with Gasteiger partial charge in [0.1, 0.15) is 6.10 Å². The molecule has 2 aromatic rings. The van der Waals surface area contributed by atoms with Crippen LogP contribution in [0.5, 0.6) is 6.01 Å². The van der Waals surface area contributed by atoms with E-state index in [1.807, 2.05) is 35.2 Å². The van der Waals surface area contributed by atoms with Gasteiger partial charge in [-0.1, -0.05) is 30.3 Å². The molecule has 2 fully saturated rings. The summed E-state index contributed by atoms with van der Waals surface area (Å²) in [6.45, 7) is 2.35. The maximum Gasteiger partial charge on any atom is 0.316 e. The molecule has 0 aliphatic carbocycles. The minimum Gasteiger partial charge on any atom is -0.458 e. The third-order valence-corrected chi connectivity index (χ3v) is 5.62. The van der Waals surface area contributed by atoms with Gasteiger partial charge in [0, 0.05) is 19.8 Å². The summed E-state index contributed by atoms with van der Waals surface area (Å²) >= 11 is 0. The van der Waals surface area contributed by atoms with Gasteiger partial charge in [-0.25, -0.2) is 14.4 Å². The Kier molecular flexibility index (Phi) is 5.52. The largest absolute Gasteiger partial charge is 0.458 e. The van der Waals surface area contributed by atoms with Gasteiger partial charge in [0.25, 0.3) is 0 Å². The number of carbonyl (C=O) groups is 1. The number of carbonyl (C=O) groups excluding carboxylic acids is 1. The Hall–Kier alpha value is -2.54. The molecule has 1 aromatic carbocycles. The number of benzene rings is 1. The number of aromatic nitrogens is 2. The van der Waals surface area contributed by atoms with Crippen LogP contribution in [0.1, 0.15) is 31.2 Å². The SMILES string of the molecule is O=C(N1CCCC(Oc2ncc(F)cn2)C1)C1(c2ccccc2)CCOCC1. The van der Waals surface area contributed by atoms with E-state index in [2.05, 4.69) is 9.97 Å². The first-order valence-electron chi connectivity index (χ1n) is 9.74. The number of rotatable bonds is 4. The quantitative estimate of drug-likeness (QED) is 0.810. The Labute approximate surface area is 163 Å². The molecule has 3 heterocycles. The first-order valence-corrected chi connectivity index (χ1v) is 9.74. The lowest BCUT2D eigenvalue weighted by molar-refractivity contribution is -0.144. The van der Waals surface area contributed by atoms with Crippen LogP contribution in [-0.2, 0) is 14.9 Å². The van der Waals surface area contributed by atoms with Gasteiger partial charge in [0.05, 0.1) is 24.4 Å². The van der Waals surface area contributed by atoms with Crippen LogP contribution >= 0.6 is 0 Å². The number of ether oxygens (including phenoxy) is 2. The maximum absolute atomic E-state index is 13.7. The Morgan fingerprint density at radius 3 is 2.61 bits per heavy atom. The molecule has 2 saturated heterocycles. The van der Waals surface area contributed by atoms with Crippen LogP contribution in [0.25, 0.3) is 0 Å². The van der Waals surface area contributed by atoms with Crippen LogP contribution in [0.2, 0.25) is 0 Å². The summed E-state index contributed by atoms with van der Waals surface area (Å²) in [6, 6.07) is 10.1. The summed E-state index contributed by atoms with van der Waals surface area (Å²) in [5, 5.41) is 0. The number of piperidine rings is 1. The Morgan fingerprint density at radius 2 is 1.89 bits per heavy atom. The second-order valence-electron chi connectivity index (χ2n) is 7.38. The normalized spacial score (nSPS) is 21.9. The summed E-state index contributed by atoms with van der Waals surface area (Å²) < 4.78 is 24.4. The van der Waals surface area contributed by atoms with E-state index < -0.39 is 11.2 Å². The average Bonchev–Trinajstić information content (AvgIpc) is 2.76. The third kappa shape index (κ3) is 3.85. The van der Waals surface area contributed by atoms with Gasteiger partial charge in [0.15, 0.2) is 5.82 Å². The zero-order valence-electron chi connectivity index (χ0n) is 15.7.